The summed E-state index contributed by atoms with van der Waals surface area (Å²) in [6, 6.07) is 13.8. The standard InChI is InChI=1S/C21H24N2O3/c22-17-7-2-1-5-15(17)10-11-20(24)23-12-4-8-18(23)16-6-3-9-19-21(16)26-14-13-25-19/h1-3,5-7,9,18H,4,8,10-14,22H2. The maximum absolute atomic E-state index is 12.9. The minimum Gasteiger partial charge on any atom is -0.486 e. The van der Waals surface area contributed by atoms with Gasteiger partial charge < -0.3 is 20.1 Å². The van der Waals surface area contributed by atoms with Crippen molar-refractivity contribution in [2.75, 3.05) is 25.5 Å². The summed E-state index contributed by atoms with van der Waals surface area (Å²) in [5, 5.41) is 0. The number of amides is 1. The zero-order valence-electron chi connectivity index (χ0n) is 14.8. The van der Waals surface area contributed by atoms with E-state index in [0.29, 0.717) is 26.1 Å². The molecule has 1 saturated heterocycles. The van der Waals surface area contributed by atoms with Crippen LogP contribution in [0.5, 0.6) is 11.5 Å². The Kier molecular flexibility index (Phi) is 4.69. The zero-order chi connectivity index (χ0) is 17.9. The van der Waals surface area contributed by atoms with E-state index in [9.17, 15) is 4.79 Å². The number of benzene rings is 2. The first-order valence-corrected chi connectivity index (χ1v) is 9.25. The lowest BCUT2D eigenvalue weighted by Crippen LogP contribution is -2.31. The molecule has 1 amide bonds. The van der Waals surface area contributed by atoms with Crippen LogP contribution in [0.4, 0.5) is 5.69 Å². The van der Waals surface area contributed by atoms with Gasteiger partial charge in [-0.1, -0.05) is 30.3 Å². The van der Waals surface area contributed by atoms with E-state index < -0.39 is 0 Å². The Morgan fingerprint density at radius 3 is 2.85 bits per heavy atom. The van der Waals surface area contributed by atoms with Gasteiger partial charge in [0.2, 0.25) is 5.91 Å². The molecule has 4 rings (SSSR count). The van der Waals surface area contributed by atoms with E-state index in [1.165, 1.54) is 0 Å². The van der Waals surface area contributed by atoms with E-state index in [2.05, 4.69) is 6.07 Å². The average Bonchev–Trinajstić information content (AvgIpc) is 3.16. The van der Waals surface area contributed by atoms with Gasteiger partial charge in [0, 0.05) is 24.2 Å². The molecule has 0 aromatic heterocycles. The van der Waals surface area contributed by atoms with Crippen LogP contribution in [0.3, 0.4) is 0 Å². The van der Waals surface area contributed by atoms with Crippen LogP contribution in [0.15, 0.2) is 42.5 Å². The first-order valence-electron chi connectivity index (χ1n) is 9.25. The number of fused-ring (bicyclic) bond motifs is 1. The molecule has 1 fully saturated rings. The molecule has 1 atom stereocenters. The summed E-state index contributed by atoms with van der Waals surface area (Å²) in [5.41, 5.74) is 8.85. The van der Waals surface area contributed by atoms with Crippen molar-refractivity contribution in [3.05, 3.63) is 53.6 Å². The predicted molar refractivity (Wildman–Crippen MR) is 100 cm³/mol. The van der Waals surface area contributed by atoms with Crippen LogP contribution in [-0.4, -0.2) is 30.6 Å². The van der Waals surface area contributed by atoms with E-state index in [0.717, 1.165) is 47.7 Å². The van der Waals surface area contributed by atoms with Crippen LogP contribution in [-0.2, 0) is 11.2 Å². The van der Waals surface area contributed by atoms with Crippen LogP contribution < -0.4 is 15.2 Å². The highest BCUT2D eigenvalue weighted by atomic mass is 16.6. The number of nitrogens with two attached hydrogens (primary N) is 1. The van der Waals surface area contributed by atoms with Crippen molar-refractivity contribution in [2.45, 2.75) is 31.7 Å². The second kappa shape index (κ2) is 7.28. The molecule has 0 spiro atoms. The van der Waals surface area contributed by atoms with Crippen LogP contribution in [0.25, 0.3) is 0 Å². The Hall–Kier alpha value is -2.69. The molecule has 136 valence electrons. The summed E-state index contributed by atoms with van der Waals surface area (Å²) in [7, 11) is 0. The maximum Gasteiger partial charge on any atom is 0.223 e. The number of para-hydroxylation sites is 2. The average molecular weight is 352 g/mol. The monoisotopic (exact) mass is 352 g/mol. The number of nitrogen functional groups attached to an aromatic ring is 1. The molecule has 0 radical (unpaired) electrons. The van der Waals surface area contributed by atoms with Gasteiger partial charge in [-0.25, -0.2) is 0 Å². The third-order valence-electron chi connectivity index (χ3n) is 5.19. The lowest BCUT2D eigenvalue weighted by molar-refractivity contribution is -0.132. The fourth-order valence-corrected chi connectivity index (χ4v) is 3.89. The van der Waals surface area contributed by atoms with Crippen molar-refractivity contribution in [3.63, 3.8) is 0 Å². The maximum atomic E-state index is 12.9. The van der Waals surface area contributed by atoms with E-state index in [-0.39, 0.29) is 11.9 Å². The molecule has 1 unspecified atom stereocenters. The normalized spacial score (nSPS) is 18.8. The molecule has 2 aliphatic heterocycles. The van der Waals surface area contributed by atoms with Crippen LogP contribution in [0, 0.1) is 0 Å². The number of hydrogen-bond acceptors (Lipinski definition) is 4. The fraction of sp³-hybridized carbons (Fsp3) is 0.381. The smallest absolute Gasteiger partial charge is 0.223 e. The summed E-state index contributed by atoms with van der Waals surface area (Å²) in [5.74, 6) is 1.76. The van der Waals surface area contributed by atoms with Crippen LogP contribution >= 0.6 is 0 Å². The number of likely N-dealkylation sites (tertiary alicyclic amines) is 1. The van der Waals surface area contributed by atoms with E-state index in [1.54, 1.807) is 0 Å². The number of nitrogens with zero attached hydrogens (tertiary/aromatic N) is 1. The first kappa shape index (κ1) is 16.8. The van der Waals surface area contributed by atoms with Crippen molar-refractivity contribution in [2.24, 2.45) is 0 Å². The van der Waals surface area contributed by atoms with Crippen LogP contribution in [0.2, 0.25) is 0 Å². The molecule has 2 N–H and O–H groups in total. The van der Waals surface area contributed by atoms with Gasteiger partial charge in [-0.3, -0.25) is 4.79 Å². The minimum absolute atomic E-state index is 0.0623. The number of carbonyl (C=O) groups is 1. The Bertz CT molecular complexity index is 806. The molecule has 26 heavy (non-hydrogen) atoms. The second-order valence-electron chi connectivity index (χ2n) is 6.82. The molecule has 2 aliphatic rings. The Morgan fingerprint density at radius 1 is 1.12 bits per heavy atom. The molecular formula is C21H24N2O3. The zero-order valence-corrected chi connectivity index (χ0v) is 14.8. The second-order valence-corrected chi connectivity index (χ2v) is 6.82. The lowest BCUT2D eigenvalue weighted by atomic mass is 10.0. The number of ether oxygens (including phenoxy) is 2. The van der Waals surface area contributed by atoms with Gasteiger partial charge in [0.25, 0.3) is 0 Å². The number of hydrogen-bond donors (Lipinski definition) is 1. The molecule has 5 nitrogen and oxygen atoms in total. The fourth-order valence-electron chi connectivity index (χ4n) is 3.89. The molecule has 0 bridgehead atoms. The molecule has 2 heterocycles. The Balaban J connectivity index is 1.50. The van der Waals surface area contributed by atoms with Gasteiger partial charge in [0.05, 0.1) is 6.04 Å². The summed E-state index contributed by atoms with van der Waals surface area (Å²) >= 11 is 0. The van der Waals surface area contributed by atoms with Crippen molar-refractivity contribution < 1.29 is 14.3 Å². The summed E-state index contributed by atoms with van der Waals surface area (Å²) in [6.45, 7) is 1.92. The quantitative estimate of drug-likeness (QED) is 0.857. The van der Waals surface area contributed by atoms with Crippen LogP contribution in [0.1, 0.15) is 36.4 Å². The molecule has 0 aliphatic carbocycles. The van der Waals surface area contributed by atoms with Gasteiger partial charge in [0.15, 0.2) is 11.5 Å². The Labute approximate surface area is 153 Å². The highest BCUT2D eigenvalue weighted by Gasteiger charge is 2.33. The highest BCUT2D eigenvalue weighted by Crippen LogP contribution is 2.43. The van der Waals surface area contributed by atoms with Gasteiger partial charge in [-0.15, -0.1) is 0 Å². The number of rotatable bonds is 4. The van der Waals surface area contributed by atoms with Crippen molar-refractivity contribution in [1.29, 1.82) is 0 Å². The molecule has 2 aromatic rings. The van der Waals surface area contributed by atoms with E-state index >= 15 is 0 Å². The van der Waals surface area contributed by atoms with Gasteiger partial charge >= 0.3 is 0 Å². The highest BCUT2D eigenvalue weighted by molar-refractivity contribution is 5.78. The lowest BCUT2D eigenvalue weighted by Gasteiger charge is -2.29. The third-order valence-corrected chi connectivity index (χ3v) is 5.19. The SMILES string of the molecule is Nc1ccccc1CCC(=O)N1CCCC1c1cccc2c1OCCO2. The number of anilines is 1. The summed E-state index contributed by atoms with van der Waals surface area (Å²) < 4.78 is 11.6. The Morgan fingerprint density at radius 2 is 1.96 bits per heavy atom. The summed E-state index contributed by atoms with van der Waals surface area (Å²) in [6.07, 6.45) is 3.10. The molecule has 5 heteroatoms. The predicted octanol–water partition coefficient (Wildman–Crippen LogP) is 3.34. The van der Waals surface area contributed by atoms with E-state index in [1.807, 2.05) is 41.3 Å². The van der Waals surface area contributed by atoms with Gasteiger partial charge in [-0.2, -0.15) is 0 Å². The third kappa shape index (κ3) is 3.21. The van der Waals surface area contributed by atoms with Gasteiger partial charge in [-0.05, 0) is 37.0 Å². The van der Waals surface area contributed by atoms with Crippen molar-refractivity contribution in [3.8, 4) is 11.5 Å². The molecule has 2 aromatic carbocycles. The molecular weight excluding hydrogens is 328 g/mol. The number of carbonyl (C=O) groups excluding carboxylic acids is 1. The number of aryl methyl sites for hydroxylation is 1. The van der Waals surface area contributed by atoms with Crippen molar-refractivity contribution in [1.82, 2.24) is 4.90 Å². The van der Waals surface area contributed by atoms with Gasteiger partial charge in [0.1, 0.15) is 13.2 Å². The summed E-state index contributed by atoms with van der Waals surface area (Å²) in [4.78, 5) is 14.9. The minimum atomic E-state index is 0.0623. The largest absolute Gasteiger partial charge is 0.486 e. The van der Waals surface area contributed by atoms with Crippen molar-refractivity contribution >= 4 is 11.6 Å². The van der Waals surface area contributed by atoms with E-state index in [4.69, 9.17) is 15.2 Å². The molecule has 0 saturated carbocycles. The first-order chi connectivity index (χ1) is 12.7. The topological polar surface area (TPSA) is 64.8 Å².